The number of hydrogen-bond donors (Lipinski definition) is 0. The lowest BCUT2D eigenvalue weighted by molar-refractivity contribution is -0.0616. The predicted octanol–water partition coefficient (Wildman–Crippen LogP) is 2.63. The van der Waals surface area contributed by atoms with Gasteiger partial charge in [0.15, 0.2) is 5.82 Å². The molecule has 1 atom stereocenters. The Morgan fingerprint density at radius 2 is 1.96 bits per heavy atom. The van der Waals surface area contributed by atoms with Gasteiger partial charge in [-0.3, -0.25) is 4.98 Å². The zero-order chi connectivity index (χ0) is 16.4. The van der Waals surface area contributed by atoms with Crippen molar-refractivity contribution in [1.82, 2.24) is 15.0 Å². The average molecular weight is 320 g/mol. The number of morpholine rings is 1. The van der Waals surface area contributed by atoms with Crippen LogP contribution in [0.4, 0.5) is 14.6 Å². The molecule has 0 aromatic carbocycles. The van der Waals surface area contributed by atoms with Gasteiger partial charge in [-0.1, -0.05) is 0 Å². The summed E-state index contributed by atoms with van der Waals surface area (Å²) in [5.41, 5.74) is 2.59. The van der Waals surface area contributed by atoms with E-state index in [2.05, 4.69) is 15.0 Å². The van der Waals surface area contributed by atoms with Crippen LogP contribution in [-0.2, 0) is 4.74 Å². The molecule has 23 heavy (non-hydrogen) atoms. The first-order chi connectivity index (χ1) is 11.1. The third-order valence-corrected chi connectivity index (χ3v) is 3.98. The lowest BCUT2D eigenvalue weighted by Gasteiger charge is -2.34. The third-order valence-electron chi connectivity index (χ3n) is 3.98. The number of alkyl halides is 2. The van der Waals surface area contributed by atoms with Crippen molar-refractivity contribution in [3.05, 3.63) is 35.8 Å². The van der Waals surface area contributed by atoms with Crippen LogP contribution in [-0.4, -0.2) is 47.2 Å². The van der Waals surface area contributed by atoms with Gasteiger partial charge in [-0.25, -0.2) is 18.7 Å². The van der Waals surface area contributed by atoms with Crippen LogP contribution in [0.3, 0.4) is 0 Å². The van der Waals surface area contributed by atoms with Gasteiger partial charge >= 0.3 is 0 Å². The molecule has 2 aromatic rings. The standard InChI is InChI=1S/C16H18F2N4O/c1-10-11(2)20-15(12-3-5-19-6-4-12)21-16(10)22-7-8-23-13(9-22)14(17)18/h3-6,13-14H,7-9H2,1-2H3/t13-/m1/s1. The number of ether oxygens (including phenoxy) is 1. The molecule has 1 aliphatic heterocycles. The van der Waals surface area contributed by atoms with Crippen LogP contribution >= 0.6 is 0 Å². The van der Waals surface area contributed by atoms with E-state index in [1.807, 2.05) is 30.9 Å². The fraction of sp³-hybridized carbons (Fsp3) is 0.438. The minimum atomic E-state index is -2.50. The fourth-order valence-electron chi connectivity index (χ4n) is 2.57. The fourth-order valence-corrected chi connectivity index (χ4v) is 2.57. The predicted molar refractivity (Wildman–Crippen MR) is 82.7 cm³/mol. The number of anilines is 1. The maximum absolute atomic E-state index is 12.9. The third kappa shape index (κ3) is 3.29. The van der Waals surface area contributed by atoms with Crippen LogP contribution < -0.4 is 4.90 Å². The van der Waals surface area contributed by atoms with E-state index in [1.54, 1.807) is 12.4 Å². The summed E-state index contributed by atoms with van der Waals surface area (Å²) < 4.78 is 31.0. The van der Waals surface area contributed by atoms with E-state index in [0.717, 1.165) is 16.8 Å². The van der Waals surface area contributed by atoms with Crippen molar-refractivity contribution in [3.8, 4) is 11.4 Å². The zero-order valence-electron chi connectivity index (χ0n) is 13.0. The van der Waals surface area contributed by atoms with Crippen molar-refractivity contribution < 1.29 is 13.5 Å². The van der Waals surface area contributed by atoms with Crippen LogP contribution in [0.25, 0.3) is 11.4 Å². The van der Waals surface area contributed by atoms with Crippen LogP contribution in [0.5, 0.6) is 0 Å². The molecule has 0 saturated carbocycles. The first-order valence-corrected chi connectivity index (χ1v) is 7.46. The number of hydrogen-bond acceptors (Lipinski definition) is 5. The number of nitrogens with zero attached hydrogens (tertiary/aromatic N) is 4. The number of halogens is 2. The Kier molecular flexibility index (Phi) is 4.47. The Bertz CT molecular complexity index is 681. The highest BCUT2D eigenvalue weighted by Gasteiger charge is 2.29. The molecule has 0 bridgehead atoms. The van der Waals surface area contributed by atoms with E-state index < -0.39 is 12.5 Å². The number of rotatable bonds is 3. The second kappa shape index (κ2) is 6.54. The van der Waals surface area contributed by atoms with Crippen molar-refractivity contribution in [2.75, 3.05) is 24.6 Å². The van der Waals surface area contributed by atoms with Crippen LogP contribution in [0.2, 0.25) is 0 Å². The summed E-state index contributed by atoms with van der Waals surface area (Å²) in [4.78, 5) is 15.0. The van der Waals surface area contributed by atoms with Crippen LogP contribution in [0.1, 0.15) is 11.3 Å². The van der Waals surface area contributed by atoms with E-state index >= 15 is 0 Å². The molecule has 7 heteroatoms. The minimum absolute atomic E-state index is 0.130. The van der Waals surface area contributed by atoms with Gasteiger partial charge in [-0.15, -0.1) is 0 Å². The van der Waals surface area contributed by atoms with Crippen molar-refractivity contribution in [2.24, 2.45) is 0 Å². The Morgan fingerprint density at radius 1 is 1.22 bits per heavy atom. The summed E-state index contributed by atoms with van der Waals surface area (Å²) in [6, 6.07) is 3.66. The molecule has 0 spiro atoms. The molecular weight excluding hydrogens is 302 g/mol. The highest BCUT2D eigenvalue weighted by atomic mass is 19.3. The monoisotopic (exact) mass is 320 g/mol. The average Bonchev–Trinajstić information content (AvgIpc) is 2.58. The molecule has 0 aliphatic carbocycles. The maximum Gasteiger partial charge on any atom is 0.266 e. The Morgan fingerprint density at radius 3 is 2.65 bits per heavy atom. The second-order valence-corrected chi connectivity index (χ2v) is 5.51. The Balaban J connectivity index is 1.97. The molecule has 3 rings (SSSR count). The summed E-state index contributed by atoms with van der Waals surface area (Å²) >= 11 is 0. The van der Waals surface area contributed by atoms with E-state index in [0.29, 0.717) is 18.2 Å². The van der Waals surface area contributed by atoms with E-state index in [9.17, 15) is 8.78 Å². The summed E-state index contributed by atoms with van der Waals surface area (Å²) in [6.45, 7) is 4.74. The van der Waals surface area contributed by atoms with Gasteiger partial charge in [0.2, 0.25) is 0 Å². The van der Waals surface area contributed by atoms with Crippen molar-refractivity contribution >= 4 is 5.82 Å². The molecule has 0 unspecified atom stereocenters. The number of pyridine rings is 1. The molecule has 1 fully saturated rings. The summed E-state index contributed by atoms with van der Waals surface area (Å²) in [5.74, 6) is 1.27. The Labute approximate surface area is 133 Å². The number of aromatic nitrogens is 3. The molecular formula is C16H18F2N4O. The van der Waals surface area contributed by atoms with Gasteiger partial charge in [0.05, 0.1) is 13.2 Å². The number of aryl methyl sites for hydroxylation is 1. The van der Waals surface area contributed by atoms with Gasteiger partial charge in [-0.2, -0.15) is 0 Å². The minimum Gasteiger partial charge on any atom is -0.369 e. The topological polar surface area (TPSA) is 51.1 Å². The molecule has 0 amide bonds. The summed E-state index contributed by atoms with van der Waals surface area (Å²) in [7, 11) is 0. The highest BCUT2D eigenvalue weighted by molar-refractivity contribution is 5.60. The van der Waals surface area contributed by atoms with Gasteiger partial charge in [0, 0.05) is 35.8 Å². The Hall–Kier alpha value is -2.15. The first-order valence-electron chi connectivity index (χ1n) is 7.46. The normalized spacial score (nSPS) is 18.5. The smallest absolute Gasteiger partial charge is 0.266 e. The lowest BCUT2D eigenvalue weighted by atomic mass is 10.2. The molecule has 5 nitrogen and oxygen atoms in total. The van der Waals surface area contributed by atoms with Gasteiger partial charge in [0.1, 0.15) is 11.9 Å². The van der Waals surface area contributed by atoms with E-state index in [-0.39, 0.29) is 13.2 Å². The van der Waals surface area contributed by atoms with Gasteiger partial charge < -0.3 is 9.64 Å². The molecule has 2 aromatic heterocycles. The van der Waals surface area contributed by atoms with Crippen molar-refractivity contribution in [2.45, 2.75) is 26.4 Å². The quantitative estimate of drug-likeness (QED) is 0.870. The van der Waals surface area contributed by atoms with Crippen LogP contribution in [0, 0.1) is 13.8 Å². The lowest BCUT2D eigenvalue weighted by Crippen LogP contribution is -2.46. The zero-order valence-corrected chi connectivity index (χ0v) is 13.0. The van der Waals surface area contributed by atoms with Crippen LogP contribution in [0.15, 0.2) is 24.5 Å². The maximum atomic E-state index is 12.9. The van der Waals surface area contributed by atoms with Gasteiger partial charge in [0.25, 0.3) is 6.43 Å². The summed E-state index contributed by atoms with van der Waals surface area (Å²) in [5, 5.41) is 0. The molecule has 1 aliphatic rings. The van der Waals surface area contributed by atoms with E-state index in [1.165, 1.54) is 0 Å². The second-order valence-electron chi connectivity index (χ2n) is 5.51. The van der Waals surface area contributed by atoms with E-state index in [4.69, 9.17) is 4.74 Å². The summed E-state index contributed by atoms with van der Waals surface area (Å²) in [6.07, 6.45) is -0.229. The molecule has 0 radical (unpaired) electrons. The first kappa shape index (κ1) is 15.7. The molecule has 0 N–H and O–H groups in total. The van der Waals surface area contributed by atoms with Crippen molar-refractivity contribution in [3.63, 3.8) is 0 Å². The van der Waals surface area contributed by atoms with Crippen molar-refractivity contribution in [1.29, 1.82) is 0 Å². The molecule has 3 heterocycles. The van der Waals surface area contributed by atoms with Gasteiger partial charge in [-0.05, 0) is 26.0 Å². The molecule has 122 valence electrons. The largest absolute Gasteiger partial charge is 0.369 e. The highest BCUT2D eigenvalue weighted by Crippen LogP contribution is 2.26. The molecule has 1 saturated heterocycles. The SMILES string of the molecule is Cc1nc(-c2ccncc2)nc(N2CCO[C@@H](C(F)F)C2)c1C.